The molecule has 2 heteroatoms. The van der Waals surface area contributed by atoms with E-state index in [1.807, 2.05) is 12.1 Å². The molecular formula is C13H15NO. The fourth-order valence-corrected chi connectivity index (χ4v) is 1.84. The second-order valence-electron chi connectivity index (χ2n) is 4.01. The fraction of sp³-hybridized carbons (Fsp3) is 0.385. The van der Waals surface area contributed by atoms with Crippen LogP contribution in [-0.2, 0) is 11.2 Å². The molecule has 0 radical (unpaired) electrons. The molecular weight excluding hydrogens is 186 g/mol. The van der Waals surface area contributed by atoms with Crippen molar-refractivity contribution in [2.45, 2.75) is 12.0 Å². The van der Waals surface area contributed by atoms with Crippen LogP contribution >= 0.6 is 0 Å². The van der Waals surface area contributed by atoms with E-state index in [2.05, 4.69) is 23.4 Å². The molecule has 0 amide bonds. The van der Waals surface area contributed by atoms with Gasteiger partial charge in [-0.3, -0.25) is 0 Å². The zero-order chi connectivity index (χ0) is 10.7. The minimum absolute atomic E-state index is 0.00232. The summed E-state index contributed by atoms with van der Waals surface area (Å²) in [5, 5.41) is 3.24. The Morgan fingerprint density at radius 1 is 1.40 bits per heavy atom. The van der Waals surface area contributed by atoms with Crippen molar-refractivity contribution in [1.82, 2.24) is 5.32 Å². The van der Waals surface area contributed by atoms with Gasteiger partial charge in [0.05, 0.1) is 5.60 Å². The van der Waals surface area contributed by atoms with Crippen molar-refractivity contribution >= 4 is 0 Å². The van der Waals surface area contributed by atoms with E-state index in [9.17, 15) is 0 Å². The molecule has 0 unspecified atom stereocenters. The topological polar surface area (TPSA) is 21.3 Å². The zero-order valence-electron chi connectivity index (χ0n) is 8.92. The van der Waals surface area contributed by atoms with E-state index in [-0.39, 0.29) is 5.60 Å². The van der Waals surface area contributed by atoms with Gasteiger partial charge in [-0.15, -0.1) is 6.42 Å². The molecule has 1 saturated heterocycles. The lowest BCUT2D eigenvalue weighted by molar-refractivity contribution is -0.0502. The van der Waals surface area contributed by atoms with Crippen LogP contribution in [0.25, 0.3) is 0 Å². The molecule has 1 N–H and O–H groups in total. The van der Waals surface area contributed by atoms with E-state index in [1.165, 1.54) is 5.56 Å². The normalized spacial score (nSPS) is 17.9. The quantitative estimate of drug-likeness (QED) is 0.742. The maximum Gasteiger partial charge on any atom is 0.0966 e. The van der Waals surface area contributed by atoms with Gasteiger partial charge in [-0.25, -0.2) is 0 Å². The summed E-state index contributed by atoms with van der Waals surface area (Å²) >= 11 is 0. The molecule has 0 atom stereocenters. The van der Waals surface area contributed by atoms with Gasteiger partial charge in [0, 0.05) is 32.2 Å². The number of hydrogen-bond donors (Lipinski definition) is 1. The Kier molecular flexibility index (Phi) is 2.77. The average Bonchev–Trinajstić information content (AvgIpc) is 2.24. The van der Waals surface area contributed by atoms with Crippen LogP contribution in [0.2, 0.25) is 0 Å². The number of terminal acetylenes is 1. The lowest BCUT2D eigenvalue weighted by Crippen LogP contribution is -2.61. The largest absolute Gasteiger partial charge is 0.375 e. The van der Waals surface area contributed by atoms with Gasteiger partial charge in [-0.2, -0.15) is 0 Å². The monoisotopic (exact) mass is 201 g/mol. The van der Waals surface area contributed by atoms with Crippen molar-refractivity contribution in [3.8, 4) is 12.3 Å². The summed E-state index contributed by atoms with van der Waals surface area (Å²) < 4.78 is 5.53. The first-order chi connectivity index (χ1) is 7.28. The average molecular weight is 201 g/mol. The highest BCUT2D eigenvalue weighted by Gasteiger charge is 2.36. The minimum atomic E-state index is -0.00232. The molecule has 0 saturated carbocycles. The van der Waals surface area contributed by atoms with E-state index in [0.717, 1.165) is 25.1 Å². The van der Waals surface area contributed by atoms with E-state index in [4.69, 9.17) is 11.2 Å². The first kappa shape index (κ1) is 10.2. The molecule has 0 aliphatic carbocycles. The first-order valence-electron chi connectivity index (χ1n) is 5.09. The number of benzene rings is 1. The van der Waals surface area contributed by atoms with Gasteiger partial charge >= 0.3 is 0 Å². The van der Waals surface area contributed by atoms with E-state index in [1.54, 1.807) is 7.11 Å². The number of rotatable bonds is 3. The maximum absolute atomic E-state index is 5.53. The van der Waals surface area contributed by atoms with Gasteiger partial charge in [-0.1, -0.05) is 18.1 Å². The molecule has 1 aromatic rings. The second kappa shape index (κ2) is 4.06. The van der Waals surface area contributed by atoms with Crippen molar-refractivity contribution in [2.75, 3.05) is 20.2 Å². The predicted molar refractivity (Wildman–Crippen MR) is 60.7 cm³/mol. The number of nitrogens with one attached hydrogen (secondary N) is 1. The van der Waals surface area contributed by atoms with Crippen LogP contribution in [0, 0.1) is 12.3 Å². The number of methoxy groups -OCH3 is 1. The molecule has 2 rings (SSSR count). The number of hydrogen-bond acceptors (Lipinski definition) is 2. The lowest BCUT2D eigenvalue weighted by atomic mass is 9.88. The summed E-state index contributed by atoms with van der Waals surface area (Å²) in [4.78, 5) is 0. The Morgan fingerprint density at radius 2 is 2.07 bits per heavy atom. The molecule has 1 aliphatic heterocycles. The third-order valence-corrected chi connectivity index (χ3v) is 2.97. The third kappa shape index (κ3) is 2.04. The highest BCUT2D eigenvalue weighted by atomic mass is 16.5. The van der Waals surface area contributed by atoms with Crippen molar-refractivity contribution in [3.63, 3.8) is 0 Å². The fourth-order valence-electron chi connectivity index (χ4n) is 1.84. The van der Waals surface area contributed by atoms with Crippen molar-refractivity contribution < 1.29 is 4.74 Å². The zero-order valence-corrected chi connectivity index (χ0v) is 8.92. The SMILES string of the molecule is C#Cc1ccc(CC2(OC)CNC2)cc1. The van der Waals surface area contributed by atoms with Crippen LogP contribution in [0.5, 0.6) is 0 Å². The van der Waals surface area contributed by atoms with Crippen molar-refractivity contribution in [3.05, 3.63) is 35.4 Å². The molecule has 78 valence electrons. The Labute approximate surface area is 90.6 Å². The van der Waals surface area contributed by atoms with Crippen LogP contribution in [0.3, 0.4) is 0 Å². The van der Waals surface area contributed by atoms with E-state index >= 15 is 0 Å². The summed E-state index contributed by atoms with van der Waals surface area (Å²) in [6.45, 7) is 1.86. The number of ether oxygens (including phenoxy) is 1. The maximum atomic E-state index is 5.53. The molecule has 2 nitrogen and oxygen atoms in total. The van der Waals surface area contributed by atoms with Crippen LogP contribution in [-0.4, -0.2) is 25.8 Å². The standard InChI is InChI=1S/C13H15NO/c1-3-11-4-6-12(7-5-11)8-13(15-2)9-14-10-13/h1,4-7,14H,8-10H2,2H3. The minimum Gasteiger partial charge on any atom is -0.375 e. The summed E-state index contributed by atoms with van der Waals surface area (Å²) in [6.07, 6.45) is 6.25. The Hall–Kier alpha value is -1.30. The van der Waals surface area contributed by atoms with Gasteiger partial charge < -0.3 is 10.1 Å². The smallest absolute Gasteiger partial charge is 0.0966 e. The molecule has 1 heterocycles. The van der Waals surface area contributed by atoms with E-state index in [0.29, 0.717) is 0 Å². The summed E-state index contributed by atoms with van der Waals surface area (Å²) in [5.41, 5.74) is 2.20. The Balaban J connectivity index is 2.08. The first-order valence-corrected chi connectivity index (χ1v) is 5.09. The molecule has 15 heavy (non-hydrogen) atoms. The Morgan fingerprint density at radius 3 is 2.47 bits per heavy atom. The van der Waals surface area contributed by atoms with Gasteiger partial charge in [0.15, 0.2) is 0 Å². The van der Waals surface area contributed by atoms with Crippen LogP contribution in [0.1, 0.15) is 11.1 Å². The summed E-state index contributed by atoms with van der Waals surface area (Å²) in [5.74, 6) is 2.62. The predicted octanol–water partition coefficient (Wildman–Crippen LogP) is 1.20. The van der Waals surface area contributed by atoms with Gasteiger partial charge in [-0.05, 0) is 17.7 Å². The third-order valence-electron chi connectivity index (χ3n) is 2.97. The van der Waals surface area contributed by atoms with Gasteiger partial charge in [0.25, 0.3) is 0 Å². The van der Waals surface area contributed by atoms with Crippen LogP contribution in [0.15, 0.2) is 24.3 Å². The molecule has 0 bridgehead atoms. The summed E-state index contributed by atoms with van der Waals surface area (Å²) in [6, 6.07) is 8.11. The molecule has 0 spiro atoms. The molecule has 1 fully saturated rings. The van der Waals surface area contributed by atoms with Gasteiger partial charge in [0.1, 0.15) is 0 Å². The highest BCUT2D eigenvalue weighted by Crippen LogP contribution is 2.21. The summed E-state index contributed by atoms with van der Waals surface area (Å²) in [7, 11) is 1.77. The van der Waals surface area contributed by atoms with Crippen molar-refractivity contribution in [2.24, 2.45) is 0 Å². The molecule has 1 aliphatic rings. The lowest BCUT2D eigenvalue weighted by Gasteiger charge is -2.41. The van der Waals surface area contributed by atoms with Crippen LogP contribution in [0.4, 0.5) is 0 Å². The Bertz CT molecular complexity index is 365. The highest BCUT2D eigenvalue weighted by molar-refractivity contribution is 5.34. The molecule has 1 aromatic carbocycles. The van der Waals surface area contributed by atoms with Crippen LogP contribution < -0.4 is 5.32 Å². The van der Waals surface area contributed by atoms with Crippen molar-refractivity contribution in [1.29, 1.82) is 0 Å². The second-order valence-corrected chi connectivity index (χ2v) is 4.01. The van der Waals surface area contributed by atoms with Gasteiger partial charge in [0.2, 0.25) is 0 Å². The van der Waals surface area contributed by atoms with E-state index < -0.39 is 0 Å². The molecule has 0 aromatic heterocycles.